The molecular formula is C31H36F3N3O. The number of alkyl halides is 3. The van der Waals surface area contributed by atoms with Gasteiger partial charge in [0.05, 0.1) is 17.9 Å². The summed E-state index contributed by atoms with van der Waals surface area (Å²) in [6, 6.07) is 9.59. The van der Waals surface area contributed by atoms with Crippen molar-refractivity contribution in [1.82, 2.24) is 9.88 Å². The first-order chi connectivity index (χ1) is 18.2. The Morgan fingerprint density at radius 2 is 2.03 bits per heavy atom. The maximum atomic E-state index is 12.8. The van der Waals surface area contributed by atoms with Gasteiger partial charge in [-0.05, 0) is 43.0 Å². The number of aromatic nitrogens is 1. The van der Waals surface area contributed by atoms with Gasteiger partial charge in [0, 0.05) is 68.9 Å². The highest BCUT2D eigenvalue weighted by molar-refractivity contribution is 5.75. The van der Waals surface area contributed by atoms with Crippen LogP contribution in [0.1, 0.15) is 62.3 Å². The summed E-state index contributed by atoms with van der Waals surface area (Å²) in [5, 5.41) is 0. The van der Waals surface area contributed by atoms with Crippen LogP contribution in [0.3, 0.4) is 0 Å². The van der Waals surface area contributed by atoms with Crippen LogP contribution >= 0.6 is 0 Å². The molecule has 1 saturated heterocycles. The highest BCUT2D eigenvalue weighted by Crippen LogP contribution is 2.45. The van der Waals surface area contributed by atoms with Crippen LogP contribution in [0.2, 0.25) is 0 Å². The number of piperazine rings is 1. The largest absolute Gasteiger partial charge is 0.409 e. The Hall–Kier alpha value is -3.24. The minimum Gasteiger partial charge on any atom is -0.384 e. The van der Waals surface area contributed by atoms with Crippen molar-refractivity contribution >= 4 is 11.9 Å². The number of nitrogens with zero attached hydrogens (tertiary/aromatic N) is 3. The molecule has 2 aliphatic rings. The van der Waals surface area contributed by atoms with E-state index in [0.29, 0.717) is 18.1 Å². The number of halogens is 3. The number of methoxy groups -OCH3 is 1. The molecule has 7 heteroatoms. The van der Waals surface area contributed by atoms with Gasteiger partial charge in [-0.2, -0.15) is 13.2 Å². The smallest absolute Gasteiger partial charge is 0.384 e. The summed E-state index contributed by atoms with van der Waals surface area (Å²) in [6.45, 7) is 11.6. The van der Waals surface area contributed by atoms with Gasteiger partial charge in [0.2, 0.25) is 0 Å². The molecule has 4 rings (SSSR count). The second-order valence-corrected chi connectivity index (χ2v) is 10.0. The Morgan fingerprint density at radius 3 is 2.68 bits per heavy atom. The molecule has 0 amide bonds. The molecule has 2 heterocycles. The van der Waals surface area contributed by atoms with Gasteiger partial charge in [-0.3, -0.25) is 0 Å². The summed E-state index contributed by atoms with van der Waals surface area (Å²) in [5.74, 6) is 7.80. The van der Waals surface area contributed by atoms with Crippen LogP contribution in [0.5, 0.6) is 0 Å². The molecule has 1 aromatic heterocycles. The first kappa shape index (κ1) is 27.8. The highest BCUT2D eigenvalue weighted by Gasteiger charge is 2.32. The van der Waals surface area contributed by atoms with Crippen molar-refractivity contribution in [3.8, 4) is 23.0 Å². The molecule has 38 heavy (non-hydrogen) atoms. The van der Waals surface area contributed by atoms with Crippen LogP contribution in [-0.4, -0.2) is 55.5 Å². The van der Waals surface area contributed by atoms with Crippen LogP contribution in [-0.2, 0) is 4.74 Å². The summed E-state index contributed by atoms with van der Waals surface area (Å²) in [7, 11) is 1.70. The summed E-state index contributed by atoms with van der Waals surface area (Å²) in [6.07, 6.45) is 0.704. The van der Waals surface area contributed by atoms with Gasteiger partial charge in [-0.25, -0.2) is 4.98 Å². The summed E-state index contributed by atoms with van der Waals surface area (Å²) >= 11 is 0. The van der Waals surface area contributed by atoms with E-state index in [1.54, 1.807) is 25.3 Å². The fourth-order valence-corrected chi connectivity index (χ4v) is 4.92. The minimum atomic E-state index is -4.35. The third-order valence-corrected chi connectivity index (χ3v) is 6.99. The monoisotopic (exact) mass is 523 g/mol. The Morgan fingerprint density at radius 1 is 1.24 bits per heavy atom. The lowest BCUT2D eigenvalue weighted by atomic mass is 9.97. The van der Waals surface area contributed by atoms with E-state index in [1.807, 2.05) is 13.0 Å². The topological polar surface area (TPSA) is 28.6 Å². The molecule has 2 fully saturated rings. The van der Waals surface area contributed by atoms with Gasteiger partial charge >= 0.3 is 6.18 Å². The van der Waals surface area contributed by atoms with E-state index < -0.39 is 6.18 Å². The quantitative estimate of drug-likeness (QED) is 0.348. The standard InChI is InChI=1S/C31H36F3N3O/c1-5-6-9-27-20-28(26-10-7-8-24(19-26)13-15-31(32,33)34)29(25-11-12-25)35-30(27)36-16-17-37(23(3)21-36)22(2)14-18-38-4/h7-8,10,13,15,19-20,23,25H,2,5,11-12,14,16-18,21H2,1,3-4H3/b15-13-. The predicted molar refractivity (Wildman–Crippen MR) is 148 cm³/mol. The molecule has 0 spiro atoms. The Labute approximate surface area is 224 Å². The zero-order chi connectivity index (χ0) is 27.3. The first-order valence-electron chi connectivity index (χ1n) is 13.3. The molecular weight excluding hydrogens is 487 g/mol. The molecule has 1 unspecified atom stereocenters. The van der Waals surface area contributed by atoms with Gasteiger partial charge in [-0.15, -0.1) is 0 Å². The highest BCUT2D eigenvalue weighted by atomic mass is 19.4. The third-order valence-electron chi connectivity index (χ3n) is 6.99. The van der Waals surface area contributed by atoms with Gasteiger partial charge in [0.15, 0.2) is 0 Å². The molecule has 202 valence electrons. The molecule has 1 saturated carbocycles. The minimum absolute atomic E-state index is 0.267. The second kappa shape index (κ2) is 12.1. The number of rotatable bonds is 8. The number of anilines is 1. The fourth-order valence-electron chi connectivity index (χ4n) is 4.92. The first-order valence-corrected chi connectivity index (χ1v) is 13.3. The van der Waals surface area contributed by atoms with Gasteiger partial charge in [0.1, 0.15) is 5.82 Å². The van der Waals surface area contributed by atoms with Crippen molar-refractivity contribution in [3.63, 3.8) is 0 Å². The zero-order valence-electron chi connectivity index (χ0n) is 22.4. The Balaban J connectivity index is 1.69. The summed E-state index contributed by atoms with van der Waals surface area (Å²) in [5.41, 5.74) is 5.29. The lowest BCUT2D eigenvalue weighted by Crippen LogP contribution is -2.51. The van der Waals surface area contributed by atoms with Crippen molar-refractivity contribution in [2.45, 2.75) is 57.7 Å². The number of pyridine rings is 1. The molecule has 1 atom stereocenters. The number of benzene rings is 1. The van der Waals surface area contributed by atoms with E-state index in [-0.39, 0.29) is 12.1 Å². The van der Waals surface area contributed by atoms with Crippen molar-refractivity contribution < 1.29 is 17.9 Å². The molecule has 4 nitrogen and oxygen atoms in total. The average molecular weight is 524 g/mol. The molecule has 1 aliphatic carbocycles. The normalized spacial score (nSPS) is 18.0. The third kappa shape index (κ3) is 6.99. The van der Waals surface area contributed by atoms with E-state index in [0.717, 1.165) is 85.3 Å². The van der Waals surface area contributed by atoms with Crippen molar-refractivity contribution in [2.75, 3.05) is 38.3 Å². The van der Waals surface area contributed by atoms with Crippen LogP contribution in [0.4, 0.5) is 19.0 Å². The summed E-state index contributed by atoms with van der Waals surface area (Å²) in [4.78, 5) is 9.89. The lowest BCUT2D eigenvalue weighted by Gasteiger charge is -2.43. The molecule has 0 N–H and O–H groups in total. The molecule has 2 aromatic rings. The molecule has 0 radical (unpaired) electrons. The molecule has 1 aliphatic heterocycles. The van der Waals surface area contributed by atoms with Crippen molar-refractivity contribution in [3.05, 3.63) is 65.5 Å². The molecule has 0 bridgehead atoms. The van der Waals surface area contributed by atoms with E-state index >= 15 is 0 Å². The van der Waals surface area contributed by atoms with E-state index in [1.165, 1.54) is 0 Å². The SMILES string of the molecule is C=C(CCOC)N1CCN(c2nc(C3CC3)c(-c3cccc(/C=C\C(F)(F)F)c3)cc2C#CCC)CC1C. The van der Waals surface area contributed by atoms with Crippen LogP contribution < -0.4 is 4.90 Å². The number of ether oxygens (including phenoxy) is 1. The Bertz CT molecular complexity index is 1240. The van der Waals surface area contributed by atoms with Crippen LogP contribution in [0.25, 0.3) is 17.2 Å². The van der Waals surface area contributed by atoms with Crippen molar-refractivity contribution in [1.29, 1.82) is 0 Å². The number of hydrogen-bond donors (Lipinski definition) is 0. The average Bonchev–Trinajstić information content (AvgIpc) is 3.74. The predicted octanol–water partition coefficient (Wildman–Crippen LogP) is 7.02. The van der Waals surface area contributed by atoms with Crippen LogP contribution in [0, 0.1) is 11.8 Å². The molecule has 1 aromatic carbocycles. The number of hydrogen-bond acceptors (Lipinski definition) is 4. The van der Waals surface area contributed by atoms with E-state index in [4.69, 9.17) is 9.72 Å². The van der Waals surface area contributed by atoms with Crippen LogP contribution in [0.15, 0.2) is 48.7 Å². The van der Waals surface area contributed by atoms with Gasteiger partial charge in [-0.1, -0.05) is 49.6 Å². The van der Waals surface area contributed by atoms with Gasteiger partial charge in [0.25, 0.3) is 0 Å². The fraction of sp³-hybridized carbons (Fsp3) is 0.452. The van der Waals surface area contributed by atoms with E-state index in [2.05, 4.69) is 41.2 Å². The van der Waals surface area contributed by atoms with E-state index in [9.17, 15) is 13.2 Å². The maximum absolute atomic E-state index is 12.8. The zero-order valence-corrected chi connectivity index (χ0v) is 22.4. The maximum Gasteiger partial charge on any atom is 0.409 e. The Kier molecular flexibility index (Phi) is 8.83. The summed E-state index contributed by atoms with van der Waals surface area (Å²) < 4.78 is 43.5. The van der Waals surface area contributed by atoms with Gasteiger partial charge < -0.3 is 14.5 Å². The number of allylic oxidation sites excluding steroid dienone is 1. The lowest BCUT2D eigenvalue weighted by molar-refractivity contribution is -0.0790. The second-order valence-electron chi connectivity index (χ2n) is 10.0. The van der Waals surface area contributed by atoms with Crippen molar-refractivity contribution in [2.24, 2.45) is 0 Å².